The third-order valence-electron chi connectivity index (χ3n) is 0.928. The van der Waals surface area contributed by atoms with Gasteiger partial charge in [-0.1, -0.05) is 13.8 Å². The fourth-order valence-electron chi connectivity index (χ4n) is 0.428. The Balaban J connectivity index is -0.0000000417. The first-order chi connectivity index (χ1) is 7.54. The zero-order valence-electron chi connectivity index (χ0n) is 10.9. The van der Waals surface area contributed by atoms with E-state index in [9.17, 15) is 9.59 Å². The van der Waals surface area contributed by atoms with Crippen molar-refractivity contribution >= 4 is 11.9 Å². The summed E-state index contributed by atoms with van der Waals surface area (Å²) in [5.74, 6) is -1.42. The van der Waals surface area contributed by atoms with E-state index in [-0.39, 0.29) is 21.7 Å². The van der Waals surface area contributed by atoms with Crippen molar-refractivity contribution in [1.29, 1.82) is 0 Å². The van der Waals surface area contributed by atoms with Crippen molar-refractivity contribution in [3.05, 3.63) is 0 Å². The summed E-state index contributed by atoms with van der Waals surface area (Å²) in [6.45, 7) is 3.68. The van der Waals surface area contributed by atoms with Gasteiger partial charge in [-0.25, -0.2) is 0 Å². The van der Waals surface area contributed by atoms with Gasteiger partial charge in [0.2, 0.25) is 0 Å². The van der Waals surface area contributed by atoms with Gasteiger partial charge in [0.05, 0.1) is 0 Å². The molecule has 0 saturated heterocycles. The maximum absolute atomic E-state index is 9.60. The molecule has 17 heavy (non-hydrogen) atoms. The van der Waals surface area contributed by atoms with Gasteiger partial charge in [0.15, 0.2) is 0 Å². The second-order valence-corrected chi connectivity index (χ2v) is 2.29. The maximum Gasteiger partial charge on any atom is 2.00 e. The molecule has 0 aliphatic carbocycles. The molecule has 0 heterocycles. The molecule has 0 aliphatic rings. The van der Waals surface area contributed by atoms with Crippen molar-refractivity contribution in [2.45, 2.75) is 39.5 Å². The standard InChI is InChI=1S/2C4H8O2.2CH3O.Ti/c2*1-2-3-4(5)6;2*1-2;/h2*2-3H2,1H3,(H,5,6);2*1H3;/q;;2*-1;+2. The van der Waals surface area contributed by atoms with Crippen LogP contribution in [0.25, 0.3) is 0 Å². The summed E-state index contributed by atoms with van der Waals surface area (Å²) in [7, 11) is 1.50. The first-order valence-corrected chi connectivity index (χ1v) is 4.79. The number of carbonyl (C=O) groups is 2. The maximum atomic E-state index is 9.60. The van der Waals surface area contributed by atoms with Crippen molar-refractivity contribution in [2.75, 3.05) is 14.2 Å². The van der Waals surface area contributed by atoms with Crippen LogP contribution < -0.4 is 10.2 Å². The van der Waals surface area contributed by atoms with Crippen LogP contribution >= 0.6 is 0 Å². The van der Waals surface area contributed by atoms with E-state index < -0.39 is 11.9 Å². The Morgan fingerprint density at radius 2 is 1.00 bits per heavy atom. The first kappa shape index (κ1) is 30.0. The molecule has 0 radical (unpaired) electrons. The second-order valence-electron chi connectivity index (χ2n) is 2.29. The van der Waals surface area contributed by atoms with Gasteiger partial charge in [0.1, 0.15) is 0 Å². The number of carboxylic acid groups (broad SMARTS) is 2. The van der Waals surface area contributed by atoms with Gasteiger partial charge in [-0.05, 0) is 12.8 Å². The fourth-order valence-corrected chi connectivity index (χ4v) is 0.428. The van der Waals surface area contributed by atoms with Gasteiger partial charge in [-0.3, -0.25) is 9.59 Å². The SMILES string of the molecule is CCCC(=O)O.CCCC(=O)O.C[O-].C[O-].[Ti+2]. The summed E-state index contributed by atoms with van der Waals surface area (Å²) in [6, 6.07) is 0. The smallest absolute Gasteiger partial charge is 0.857 e. The predicted molar refractivity (Wildman–Crippen MR) is 56.9 cm³/mol. The Hall–Kier alpha value is -0.426. The van der Waals surface area contributed by atoms with E-state index in [4.69, 9.17) is 20.4 Å². The van der Waals surface area contributed by atoms with Gasteiger partial charge in [-0.15, -0.1) is 0 Å². The van der Waals surface area contributed by atoms with Crippen LogP contribution in [0.2, 0.25) is 0 Å². The Labute approximate surface area is 118 Å². The van der Waals surface area contributed by atoms with E-state index in [1.165, 1.54) is 0 Å². The summed E-state index contributed by atoms with van der Waals surface area (Å²) < 4.78 is 0. The summed E-state index contributed by atoms with van der Waals surface area (Å²) in [5, 5.41) is 32.3. The molecule has 0 aromatic carbocycles. The van der Waals surface area contributed by atoms with Gasteiger partial charge >= 0.3 is 33.7 Å². The number of hydrogen-bond donors (Lipinski definition) is 2. The molecule has 0 aromatic heterocycles. The molecule has 0 unspecified atom stereocenters. The molecular weight excluding hydrogens is 264 g/mol. The molecule has 0 aliphatic heterocycles. The molecule has 7 heteroatoms. The van der Waals surface area contributed by atoms with Crippen LogP contribution in [0.15, 0.2) is 0 Å². The van der Waals surface area contributed by atoms with Crippen molar-refractivity contribution in [1.82, 2.24) is 0 Å². The third kappa shape index (κ3) is 92.4. The quantitative estimate of drug-likeness (QED) is 0.684. The van der Waals surface area contributed by atoms with Gasteiger partial charge in [0.25, 0.3) is 0 Å². The zero-order chi connectivity index (χ0) is 14.0. The first-order valence-electron chi connectivity index (χ1n) is 4.79. The van der Waals surface area contributed by atoms with Gasteiger partial charge in [-0.2, -0.15) is 14.2 Å². The normalized spacial score (nSPS) is 6.47. The van der Waals surface area contributed by atoms with E-state index in [1.54, 1.807) is 0 Å². The fraction of sp³-hybridized carbons (Fsp3) is 0.800. The Kier molecular flexibility index (Phi) is 63.7. The second kappa shape index (κ2) is 36.1. The van der Waals surface area contributed by atoms with Crippen molar-refractivity contribution in [3.8, 4) is 0 Å². The predicted octanol–water partition coefficient (Wildman–Crippen LogP) is -0.307. The van der Waals surface area contributed by atoms with E-state index in [1.807, 2.05) is 13.8 Å². The minimum Gasteiger partial charge on any atom is -0.857 e. The molecule has 0 rings (SSSR count). The third-order valence-corrected chi connectivity index (χ3v) is 0.928. The molecule has 102 valence electrons. The molecule has 6 nitrogen and oxygen atoms in total. The van der Waals surface area contributed by atoms with Gasteiger partial charge < -0.3 is 20.4 Å². The molecule has 2 N–H and O–H groups in total. The molecule has 0 bridgehead atoms. The van der Waals surface area contributed by atoms with Crippen LogP contribution in [0.1, 0.15) is 39.5 Å². The molecule has 0 atom stereocenters. The van der Waals surface area contributed by atoms with Crippen LogP contribution in [0.4, 0.5) is 0 Å². The van der Waals surface area contributed by atoms with Crippen molar-refractivity contribution in [2.24, 2.45) is 0 Å². The van der Waals surface area contributed by atoms with Crippen LogP contribution in [-0.4, -0.2) is 36.4 Å². The largest absolute Gasteiger partial charge is 2.00 e. The number of hydrogen-bond acceptors (Lipinski definition) is 4. The Bertz CT molecular complexity index is 125. The molecule has 0 amide bonds. The Morgan fingerprint density at radius 3 is 1.00 bits per heavy atom. The van der Waals surface area contributed by atoms with Crippen LogP contribution in [0.5, 0.6) is 0 Å². The van der Waals surface area contributed by atoms with E-state index in [0.29, 0.717) is 12.8 Å². The topological polar surface area (TPSA) is 121 Å². The van der Waals surface area contributed by atoms with Crippen LogP contribution in [-0.2, 0) is 31.3 Å². The monoisotopic (exact) mass is 286 g/mol. The molecule has 0 aromatic rings. The Morgan fingerprint density at radius 1 is 0.824 bits per heavy atom. The van der Waals surface area contributed by atoms with E-state index >= 15 is 0 Å². The summed E-state index contributed by atoms with van der Waals surface area (Å²) in [6.07, 6.45) is 2.05. The average Bonchev–Trinajstić information content (AvgIpc) is 2.24. The number of aliphatic carboxylic acids is 2. The summed E-state index contributed by atoms with van der Waals surface area (Å²) in [5.41, 5.74) is 0. The molecule has 0 saturated carbocycles. The average molecular weight is 286 g/mol. The van der Waals surface area contributed by atoms with E-state index in [0.717, 1.165) is 27.1 Å². The van der Waals surface area contributed by atoms with Crippen LogP contribution in [0, 0.1) is 0 Å². The van der Waals surface area contributed by atoms with Crippen molar-refractivity contribution < 1.29 is 51.7 Å². The van der Waals surface area contributed by atoms with E-state index in [2.05, 4.69) is 0 Å². The molecular formula is C10H22O6Ti. The van der Waals surface area contributed by atoms with Crippen molar-refractivity contribution in [3.63, 3.8) is 0 Å². The molecule has 0 fully saturated rings. The zero-order valence-corrected chi connectivity index (χ0v) is 12.4. The minimum atomic E-state index is -0.711. The van der Waals surface area contributed by atoms with Gasteiger partial charge in [0, 0.05) is 12.8 Å². The number of rotatable bonds is 4. The minimum absolute atomic E-state index is 0. The molecule has 0 spiro atoms. The van der Waals surface area contributed by atoms with Crippen LogP contribution in [0.3, 0.4) is 0 Å². The number of carboxylic acids is 2. The summed E-state index contributed by atoms with van der Waals surface area (Å²) in [4.78, 5) is 19.2. The summed E-state index contributed by atoms with van der Waals surface area (Å²) >= 11 is 0.